The molecular weight excluding hydrogens is 559 g/mol. The van der Waals surface area contributed by atoms with Crippen LogP contribution in [-0.2, 0) is 14.6 Å². The molecular formula is C25H27BrClFN2O4S. The molecule has 35 heavy (non-hydrogen) atoms. The van der Waals surface area contributed by atoms with Gasteiger partial charge in [-0.05, 0) is 49.6 Å². The monoisotopic (exact) mass is 584 g/mol. The third-order valence-corrected chi connectivity index (χ3v) is 7.30. The predicted octanol–water partition coefficient (Wildman–Crippen LogP) is 5.17. The van der Waals surface area contributed by atoms with Crippen LogP contribution in [0.1, 0.15) is 36.5 Å². The molecule has 0 aromatic heterocycles. The fraction of sp³-hybridized carbons (Fsp3) is 0.360. The molecule has 188 valence electrons. The summed E-state index contributed by atoms with van der Waals surface area (Å²) in [7, 11) is -3.35. The van der Waals surface area contributed by atoms with E-state index in [2.05, 4.69) is 21.2 Å². The fourth-order valence-corrected chi connectivity index (χ4v) is 5.07. The summed E-state index contributed by atoms with van der Waals surface area (Å²) in [6.07, 6.45) is 2.44. The van der Waals surface area contributed by atoms with E-state index in [4.69, 9.17) is 11.6 Å². The van der Waals surface area contributed by atoms with E-state index in [-0.39, 0.29) is 25.3 Å². The molecule has 0 bridgehead atoms. The van der Waals surface area contributed by atoms with Crippen molar-refractivity contribution in [2.24, 2.45) is 0 Å². The zero-order valence-corrected chi connectivity index (χ0v) is 22.6. The molecule has 10 heteroatoms. The van der Waals surface area contributed by atoms with Gasteiger partial charge in [-0.15, -0.1) is 0 Å². The predicted molar refractivity (Wildman–Crippen MR) is 140 cm³/mol. The number of hydrogen-bond acceptors (Lipinski definition) is 4. The molecule has 0 spiro atoms. The van der Waals surface area contributed by atoms with Crippen LogP contribution in [0.2, 0.25) is 5.02 Å². The summed E-state index contributed by atoms with van der Waals surface area (Å²) < 4.78 is 39.0. The SMILES string of the molecule is C[C@H](/C=C\S(C)(=O)=O)NC(=O)[C@@]1(F)CCCN(C(=O)c2ccc(Br)cc2-c2ccccc2Cl)CC1. The lowest BCUT2D eigenvalue weighted by Gasteiger charge is -2.25. The van der Waals surface area contributed by atoms with Gasteiger partial charge in [0.1, 0.15) is 0 Å². The molecule has 0 saturated carbocycles. The highest BCUT2D eigenvalue weighted by Crippen LogP contribution is 2.34. The van der Waals surface area contributed by atoms with Crippen LogP contribution < -0.4 is 5.32 Å². The van der Waals surface area contributed by atoms with Gasteiger partial charge in [0.15, 0.2) is 15.5 Å². The lowest BCUT2D eigenvalue weighted by Crippen LogP contribution is -2.47. The van der Waals surface area contributed by atoms with Gasteiger partial charge in [0.05, 0.1) is 0 Å². The van der Waals surface area contributed by atoms with Gasteiger partial charge < -0.3 is 10.2 Å². The lowest BCUT2D eigenvalue weighted by atomic mass is 9.95. The Morgan fingerprint density at radius 2 is 1.89 bits per heavy atom. The second kappa shape index (κ2) is 11.2. The van der Waals surface area contributed by atoms with Crippen molar-refractivity contribution in [3.05, 3.63) is 69.0 Å². The molecule has 2 aromatic carbocycles. The van der Waals surface area contributed by atoms with Crippen LogP contribution in [0.25, 0.3) is 11.1 Å². The van der Waals surface area contributed by atoms with Crippen molar-refractivity contribution in [1.82, 2.24) is 10.2 Å². The van der Waals surface area contributed by atoms with Crippen LogP contribution in [0, 0.1) is 0 Å². The number of sulfone groups is 1. The maximum Gasteiger partial charge on any atom is 0.258 e. The first-order chi connectivity index (χ1) is 16.4. The van der Waals surface area contributed by atoms with Crippen molar-refractivity contribution in [3.8, 4) is 11.1 Å². The van der Waals surface area contributed by atoms with Crippen LogP contribution in [0.15, 0.2) is 58.4 Å². The Morgan fingerprint density at radius 3 is 2.57 bits per heavy atom. The van der Waals surface area contributed by atoms with E-state index in [0.717, 1.165) is 16.1 Å². The number of carbonyl (C=O) groups excluding carboxylic acids is 2. The topological polar surface area (TPSA) is 83.6 Å². The molecule has 1 N–H and O–H groups in total. The van der Waals surface area contributed by atoms with Crippen molar-refractivity contribution in [2.45, 2.75) is 37.9 Å². The largest absolute Gasteiger partial charge is 0.347 e. The van der Waals surface area contributed by atoms with Crippen molar-refractivity contribution >= 4 is 49.2 Å². The number of benzene rings is 2. The number of hydrogen-bond donors (Lipinski definition) is 1. The summed E-state index contributed by atoms with van der Waals surface area (Å²) in [4.78, 5) is 27.7. The summed E-state index contributed by atoms with van der Waals surface area (Å²) in [6, 6.07) is 11.9. The van der Waals surface area contributed by atoms with Crippen LogP contribution in [0.5, 0.6) is 0 Å². The number of nitrogens with zero attached hydrogens (tertiary/aromatic N) is 1. The Balaban J connectivity index is 1.77. The normalized spacial score (nSPS) is 19.9. The standard InChI is InChI=1S/C25H27BrClFN2O4S/c1-17(10-15-35(2,33)34)29-24(32)25(28)11-5-13-30(14-12-25)23(31)20-9-8-18(26)16-21(20)19-6-3-4-7-22(19)27/h3-4,6-10,15-17H,5,11-14H2,1-2H3,(H,29,32)/b15-10-/t17-,25-/m1/s1. The minimum atomic E-state index is -3.35. The maximum absolute atomic E-state index is 15.6. The number of halogens is 3. The summed E-state index contributed by atoms with van der Waals surface area (Å²) in [5.41, 5.74) is -0.344. The van der Waals surface area contributed by atoms with Crippen LogP contribution >= 0.6 is 27.5 Å². The summed E-state index contributed by atoms with van der Waals surface area (Å²) in [6.45, 7) is 1.94. The Bertz CT molecular complexity index is 1250. The fourth-order valence-electron chi connectivity index (χ4n) is 3.95. The summed E-state index contributed by atoms with van der Waals surface area (Å²) in [5, 5.41) is 4.01. The minimum Gasteiger partial charge on any atom is -0.347 e. The molecule has 2 atom stereocenters. The quantitative estimate of drug-likeness (QED) is 0.507. The number of nitrogens with one attached hydrogen (secondary N) is 1. The second-order valence-corrected chi connectivity index (χ2v) is 12.0. The van der Waals surface area contributed by atoms with Gasteiger partial charge in [0.2, 0.25) is 0 Å². The zero-order valence-electron chi connectivity index (χ0n) is 19.4. The van der Waals surface area contributed by atoms with Gasteiger partial charge >= 0.3 is 0 Å². The molecule has 1 fully saturated rings. The van der Waals surface area contributed by atoms with E-state index in [1.807, 2.05) is 24.3 Å². The van der Waals surface area contributed by atoms with E-state index in [9.17, 15) is 18.0 Å². The van der Waals surface area contributed by atoms with Crippen molar-refractivity contribution < 1.29 is 22.4 Å². The highest BCUT2D eigenvalue weighted by atomic mass is 79.9. The average molecular weight is 586 g/mol. The number of alkyl halides is 1. The zero-order chi connectivity index (χ0) is 25.8. The van der Waals surface area contributed by atoms with Crippen molar-refractivity contribution in [2.75, 3.05) is 19.3 Å². The summed E-state index contributed by atoms with van der Waals surface area (Å²) >= 11 is 9.84. The summed E-state index contributed by atoms with van der Waals surface area (Å²) in [5.74, 6) is -1.07. The molecule has 3 rings (SSSR count). The van der Waals surface area contributed by atoms with E-state index < -0.39 is 27.5 Å². The molecule has 2 amide bonds. The first-order valence-electron chi connectivity index (χ1n) is 11.1. The molecule has 1 heterocycles. The van der Waals surface area contributed by atoms with E-state index in [0.29, 0.717) is 34.7 Å². The maximum atomic E-state index is 15.6. The highest BCUT2D eigenvalue weighted by molar-refractivity contribution is 9.10. The highest BCUT2D eigenvalue weighted by Gasteiger charge is 2.41. The lowest BCUT2D eigenvalue weighted by molar-refractivity contribution is -0.134. The molecule has 6 nitrogen and oxygen atoms in total. The minimum absolute atomic E-state index is 0.0389. The Kier molecular flexibility index (Phi) is 8.77. The first kappa shape index (κ1) is 27.4. The molecule has 0 radical (unpaired) electrons. The molecule has 0 unspecified atom stereocenters. The second-order valence-electron chi connectivity index (χ2n) is 8.70. The smallest absolute Gasteiger partial charge is 0.258 e. The average Bonchev–Trinajstić information content (AvgIpc) is 3.00. The van der Waals surface area contributed by atoms with Gasteiger partial charge in [-0.3, -0.25) is 9.59 Å². The Hall–Kier alpha value is -2.23. The first-order valence-corrected chi connectivity index (χ1v) is 14.2. The van der Waals surface area contributed by atoms with E-state index in [1.54, 1.807) is 30.0 Å². The van der Waals surface area contributed by atoms with Gasteiger partial charge in [0, 0.05) is 57.8 Å². The molecule has 0 aliphatic carbocycles. The van der Waals surface area contributed by atoms with E-state index in [1.165, 1.54) is 6.08 Å². The number of likely N-dealkylation sites (tertiary alicyclic amines) is 1. The van der Waals surface area contributed by atoms with Crippen molar-refractivity contribution in [3.63, 3.8) is 0 Å². The van der Waals surface area contributed by atoms with Crippen molar-refractivity contribution in [1.29, 1.82) is 0 Å². The number of rotatable bonds is 6. The number of carbonyl (C=O) groups is 2. The molecule has 2 aromatic rings. The van der Waals surface area contributed by atoms with Crippen LogP contribution in [-0.4, -0.2) is 56.2 Å². The number of amides is 2. The van der Waals surface area contributed by atoms with E-state index >= 15 is 4.39 Å². The van der Waals surface area contributed by atoms with Gasteiger partial charge in [-0.2, -0.15) is 0 Å². The Morgan fingerprint density at radius 1 is 1.17 bits per heavy atom. The third kappa shape index (κ3) is 7.15. The Labute approximate surface area is 218 Å². The molecule has 1 aliphatic rings. The van der Waals surface area contributed by atoms with Crippen LogP contribution in [0.4, 0.5) is 4.39 Å². The van der Waals surface area contributed by atoms with Crippen LogP contribution in [0.3, 0.4) is 0 Å². The molecule has 1 saturated heterocycles. The third-order valence-electron chi connectivity index (χ3n) is 5.82. The molecule has 1 aliphatic heterocycles. The van der Waals surface area contributed by atoms with Gasteiger partial charge in [0.25, 0.3) is 11.8 Å². The van der Waals surface area contributed by atoms with Gasteiger partial charge in [-0.25, -0.2) is 12.8 Å². The van der Waals surface area contributed by atoms with Gasteiger partial charge in [-0.1, -0.05) is 51.8 Å².